The van der Waals surface area contributed by atoms with E-state index in [0.29, 0.717) is 11.5 Å². The fourth-order valence-electron chi connectivity index (χ4n) is 3.14. The van der Waals surface area contributed by atoms with Crippen molar-refractivity contribution in [2.75, 3.05) is 13.7 Å². The Balaban J connectivity index is 1.95. The Morgan fingerprint density at radius 3 is 2.82 bits per heavy atom. The maximum absolute atomic E-state index is 5.82. The summed E-state index contributed by atoms with van der Waals surface area (Å²) in [5.74, 6) is 1.89. The Bertz CT molecular complexity index is 439. The van der Waals surface area contributed by atoms with Gasteiger partial charge >= 0.3 is 0 Å². The Morgan fingerprint density at radius 2 is 2.18 bits per heavy atom. The third kappa shape index (κ3) is 1.75. The summed E-state index contributed by atoms with van der Waals surface area (Å²) in [7, 11) is 2.06. The summed E-state index contributed by atoms with van der Waals surface area (Å²) in [4.78, 5) is 0. The zero-order chi connectivity index (χ0) is 12.0. The first-order valence-electron chi connectivity index (χ1n) is 6.55. The van der Waals surface area contributed by atoms with Crippen molar-refractivity contribution in [3.63, 3.8) is 0 Å². The van der Waals surface area contributed by atoms with Crippen LogP contribution < -0.4 is 10.1 Å². The smallest absolute Gasteiger partial charge is 0.127 e. The molecule has 0 saturated heterocycles. The fourth-order valence-corrected chi connectivity index (χ4v) is 3.14. The minimum Gasteiger partial charge on any atom is -0.493 e. The van der Waals surface area contributed by atoms with E-state index in [1.807, 2.05) is 0 Å². The summed E-state index contributed by atoms with van der Waals surface area (Å²) >= 11 is 0. The predicted molar refractivity (Wildman–Crippen MR) is 69.3 cm³/mol. The van der Waals surface area contributed by atoms with E-state index in [1.165, 1.54) is 17.5 Å². The summed E-state index contributed by atoms with van der Waals surface area (Å²) in [5, 5.41) is 3.49. The van der Waals surface area contributed by atoms with Crippen LogP contribution in [0.15, 0.2) is 18.2 Å². The molecular weight excluding hydrogens is 210 g/mol. The van der Waals surface area contributed by atoms with Gasteiger partial charge in [-0.3, -0.25) is 0 Å². The van der Waals surface area contributed by atoms with Gasteiger partial charge in [0.15, 0.2) is 0 Å². The SMILES string of the molecule is CNC(c1cccc2c1OCC2)C1CC1(C)C. The van der Waals surface area contributed by atoms with E-state index in [9.17, 15) is 0 Å². The molecule has 2 atom stereocenters. The lowest BCUT2D eigenvalue weighted by Gasteiger charge is -2.20. The first-order chi connectivity index (χ1) is 8.13. The maximum Gasteiger partial charge on any atom is 0.127 e. The molecule has 3 rings (SSSR count). The third-order valence-corrected chi connectivity index (χ3v) is 4.38. The average molecular weight is 231 g/mol. The van der Waals surface area contributed by atoms with Crippen molar-refractivity contribution in [3.05, 3.63) is 29.3 Å². The lowest BCUT2D eigenvalue weighted by molar-refractivity contribution is 0.343. The molecule has 1 aromatic carbocycles. The molecule has 0 amide bonds. The van der Waals surface area contributed by atoms with Gasteiger partial charge in [-0.25, -0.2) is 0 Å². The molecule has 2 heteroatoms. The second kappa shape index (κ2) is 3.74. The molecule has 1 aromatic rings. The van der Waals surface area contributed by atoms with Crippen LogP contribution in [0.3, 0.4) is 0 Å². The van der Waals surface area contributed by atoms with Crippen LogP contribution in [0.1, 0.15) is 37.4 Å². The highest BCUT2D eigenvalue weighted by Gasteiger charge is 2.50. The standard InChI is InChI=1S/C15H21NO/c1-15(2)9-12(15)13(16-3)11-6-4-5-10-7-8-17-14(10)11/h4-6,12-13,16H,7-9H2,1-3H3. The van der Waals surface area contributed by atoms with Crippen molar-refractivity contribution in [3.8, 4) is 5.75 Å². The summed E-state index contributed by atoms with van der Waals surface area (Å²) in [6, 6.07) is 7.02. The molecule has 92 valence electrons. The quantitative estimate of drug-likeness (QED) is 0.863. The minimum atomic E-state index is 0.443. The van der Waals surface area contributed by atoms with E-state index < -0.39 is 0 Å². The van der Waals surface area contributed by atoms with Crippen LogP contribution in [-0.4, -0.2) is 13.7 Å². The van der Waals surface area contributed by atoms with Crippen LogP contribution in [0, 0.1) is 11.3 Å². The molecule has 1 aliphatic carbocycles. The minimum absolute atomic E-state index is 0.443. The van der Waals surface area contributed by atoms with Gasteiger partial charge in [0.05, 0.1) is 6.61 Å². The van der Waals surface area contributed by atoms with Crippen molar-refractivity contribution in [2.24, 2.45) is 11.3 Å². The van der Waals surface area contributed by atoms with Gasteiger partial charge in [-0.15, -0.1) is 0 Å². The second-order valence-electron chi connectivity index (χ2n) is 6.00. The van der Waals surface area contributed by atoms with Crippen molar-refractivity contribution < 1.29 is 4.74 Å². The molecule has 1 heterocycles. The van der Waals surface area contributed by atoms with E-state index in [2.05, 4.69) is 44.4 Å². The monoisotopic (exact) mass is 231 g/mol. The van der Waals surface area contributed by atoms with Gasteiger partial charge in [0, 0.05) is 18.0 Å². The molecule has 1 N–H and O–H groups in total. The molecule has 0 aromatic heterocycles. The van der Waals surface area contributed by atoms with Crippen LogP contribution in [0.4, 0.5) is 0 Å². The Hall–Kier alpha value is -1.02. The van der Waals surface area contributed by atoms with Crippen LogP contribution in [-0.2, 0) is 6.42 Å². The first-order valence-corrected chi connectivity index (χ1v) is 6.55. The lowest BCUT2D eigenvalue weighted by Crippen LogP contribution is -2.21. The van der Waals surface area contributed by atoms with Crippen LogP contribution in [0.2, 0.25) is 0 Å². The number of ether oxygens (including phenoxy) is 1. The average Bonchev–Trinajstić information content (AvgIpc) is 2.77. The maximum atomic E-state index is 5.82. The van der Waals surface area contributed by atoms with Gasteiger partial charge < -0.3 is 10.1 Å². The van der Waals surface area contributed by atoms with Gasteiger partial charge in [0.2, 0.25) is 0 Å². The molecular formula is C15H21NO. The number of fused-ring (bicyclic) bond motifs is 1. The van der Waals surface area contributed by atoms with Crippen molar-refractivity contribution in [2.45, 2.75) is 32.7 Å². The summed E-state index contributed by atoms with van der Waals surface area (Å²) < 4.78 is 5.82. The molecule has 2 unspecified atom stereocenters. The zero-order valence-electron chi connectivity index (χ0n) is 10.9. The van der Waals surface area contributed by atoms with E-state index in [-0.39, 0.29) is 0 Å². The van der Waals surface area contributed by atoms with Gasteiger partial charge in [-0.1, -0.05) is 32.0 Å². The highest BCUT2D eigenvalue weighted by Crippen LogP contribution is 2.58. The number of benzene rings is 1. The molecule has 1 saturated carbocycles. The van der Waals surface area contributed by atoms with Crippen LogP contribution in [0.5, 0.6) is 5.75 Å². The Labute approximate surface area is 103 Å². The number of rotatable bonds is 3. The highest BCUT2D eigenvalue weighted by molar-refractivity contribution is 5.46. The van der Waals surface area contributed by atoms with E-state index in [1.54, 1.807) is 0 Å². The van der Waals surface area contributed by atoms with Gasteiger partial charge in [-0.2, -0.15) is 0 Å². The molecule has 1 aliphatic heterocycles. The van der Waals surface area contributed by atoms with E-state index >= 15 is 0 Å². The molecule has 17 heavy (non-hydrogen) atoms. The topological polar surface area (TPSA) is 21.3 Å². The van der Waals surface area contributed by atoms with Crippen molar-refractivity contribution >= 4 is 0 Å². The molecule has 2 nitrogen and oxygen atoms in total. The van der Waals surface area contributed by atoms with Gasteiger partial charge in [-0.05, 0) is 30.4 Å². The largest absolute Gasteiger partial charge is 0.493 e. The molecule has 0 bridgehead atoms. The summed E-state index contributed by atoms with van der Waals surface area (Å²) in [5.41, 5.74) is 3.22. The number of hydrogen-bond acceptors (Lipinski definition) is 2. The lowest BCUT2D eigenvalue weighted by atomic mass is 9.95. The number of hydrogen-bond donors (Lipinski definition) is 1. The fraction of sp³-hybridized carbons (Fsp3) is 0.600. The molecule has 2 aliphatic rings. The summed E-state index contributed by atoms with van der Waals surface area (Å²) in [6.07, 6.45) is 2.37. The van der Waals surface area contributed by atoms with Crippen molar-refractivity contribution in [1.29, 1.82) is 0 Å². The third-order valence-electron chi connectivity index (χ3n) is 4.38. The van der Waals surface area contributed by atoms with Crippen molar-refractivity contribution in [1.82, 2.24) is 5.32 Å². The zero-order valence-corrected chi connectivity index (χ0v) is 10.9. The van der Waals surface area contributed by atoms with E-state index in [4.69, 9.17) is 4.74 Å². The van der Waals surface area contributed by atoms with Crippen LogP contribution >= 0.6 is 0 Å². The molecule has 0 spiro atoms. The normalized spacial score (nSPS) is 26.2. The highest BCUT2D eigenvalue weighted by atomic mass is 16.5. The van der Waals surface area contributed by atoms with E-state index in [0.717, 1.165) is 24.7 Å². The Morgan fingerprint density at radius 1 is 1.41 bits per heavy atom. The summed E-state index contributed by atoms with van der Waals surface area (Å²) in [6.45, 7) is 5.55. The number of para-hydroxylation sites is 1. The second-order valence-corrected chi connectivity index (χ2v) is 6.00. The molecule has 1 fully saturated rings. The number of nitrogens with one attached hydrogen (secondary N) is 1. The van der Waals surface area contributed by atoms with Gasteiger partial charge in [0.25, 0.3) is 0 Å². The Kier molecular flexibility index (Phi) is 2.44. The van der Waals surface area contributed by atoms with Crippen LogP contribution in [0.25, 0.3) is 0 Å². The predicted octanol–water partition coefficient (Wildman–Crippen LogP) is 2.93. The molecule has 0 radical (unpaired) electrons. The first kappa shape index (κ1) is 11.1. The van der Waals surface area contributed by atoms with Gasteiger partial charge in [0.1, 0.15) is 5.75 Å².